The maximum absolute atomic E-state index is 10.5. The van der Waals surface area contributed by atoms with E-state index < -0.39 is 5.60 Å². The van der Waals surface area contributed by atoms with Crippen molar-refractivity contribution in [1.82, 2.24) is 0 Å². The molecule has 0 aliphatic carbocycles. The third-order valence-electron chi connectivity index (χ3n) is 2.29. The van der Waals surface area contributed by atoms with Crippen molar-refractivity contribution in [1.29, 1.82) is 0 Å². The van der Waals surface area contributed by atoms with Gasteiger partial charge in [0, 0.05) is 6.08 Å². The van der Waals surface area contributed by atoms with Crippen LogP contribution in [0.2, 0.25) is 0 Å². The highest BCUT2D eigenvalue weighted by Gasteiger charge is 2.12. The Morgan fingerprint density at radius 1 is 1.26 bits per heavy atom. The highest BCUT2D eigenvalue weighted by atomic mass is 16.6. The van der Waals surface area contributed by atoms with Gasteiger partial charge in [-0.15, -0.1) is 0 Å². The highest BCUT2D eigenvalue weighted by molar-refractivity contribution is 5.81. The number of carbonyl (C=O) groups excluding carboxylic acids is 1. The quantitative estimate of drug-likeness (QED) is 0.403. The summed E-state index contributed by atoms with van der Waals surface area (Å²) in [4.78, 5) is 10.5. The van der Waals surface area contributed by atoms with Crippen LogP contribution in [0, 0.1) is 5.92 Å². The Balaban J connectivity index is 0. The Kier molecular flexibility index (Phi) is 10.1. The smallest absolute Gasteiger partial charge is 0.330 e. The lowest BCUT2D eigenvalue weighted by Crippen LogP contribution is -2.22. The monoisotopic (exact) mass is 266 g/mol. The summed E-state index contributed by atoms with van der Waals surface area (Å²) in [7, 11) is 0. The molecule has 19 heavy (non-hydrogen) atoms. The van der Waals surface area contributed by atoms with Crippen LogP contribution < -0.4 is 0 Å². The number of hydrogen-bond donors (Lipinski definition) is 0. The summed E-state index contributed by atoms with van der Waals surface area (Å²) in [6.07, 6.45) is 4.56. The molecule has 1 atom stereocenters. The molecule has 0 aromatic rings. The van der Waals surface area contributed by atoms with E-state index in [2.05, 4.69) is 46.9 Å². The molecule has 0 aromatic carbocycles. The second kappa shape index (κ2) is 9.60. The summed E-state index contributed by atoms with van der Waals surface area (Å²) >= 11 is 0. The van der Waals surface area contributed by atoms with Gasteiger partial charge in [-0.05, 0) is 53.9 Å². The Hall–Kier alpha value is -1.31. The molecular formula is C17H30O2. The van der Waals surface area contributed by atoms with Crippen LogP contribution >= 0.6 is 0 Å². The Bertz CT molecular complexity index is 326. The van der Waals surface area contributed by atoms with Crippen molar-refractivity contribution in [2.24, 2.45) is 5.92 Å². The van der Waals surface area contributed by atoms with Crippen molar-refractivity contribution in [3.63, 3.8) is 0 Å². The van der Waals surface area contributed by atoms with Gasteiger partial charge < -0.3 is 4.74 Å². The summed E-state index contributed by atoms with van der Waals surface area (Å²) in [6, 6.07) is 0. The minimum Gasteiger partial charge on any atom is -0.457 e. The first-order valence-corrected chi connectivity index (χ1v) is 6.63. The molecule has 0 saturated carbocycles. The van der Waals surface area contributed by atoms with Gasteiger partial charge in [0.05, 0.1) is 0 Å². The Morgan fingerprint density at radius 3 is 1.95 bits per heavy atom. The van der Waals surface area contributed by atoms with Crippen LogP contribution in [0.15, 0.2) is 36.5 Å². The number of hydrogen-bond acceptors (Lipinski definition) is 2. The van der Waals surface area contributed by atoms with E-state index in [0.717, 1.165) is 12.5 Å². The molecule has 0 aliphatic rings. The fourth-order valence-corrected chi connectivity index (χ4v) is 0.957. The standard InChI is InChI=1S/C10H18.C7H12O2/c1-8(2)6-7-10(5)9(3)4;1-5-6(8)9-7(2,3)4/h6,10H,3,7H2,1-2,4-5H3;5H,1H2,2-4H3. The third-order valence-corrected chi connectivity index (χ3v) is 2.29. The molecule has 0 fully saturated rings. The number of rotatable bonds is 4. The highest BCUT2D eigenvalue weighted by Crippen LogP contribution is 2.12. The molecule has 0 saturated heterocycles. The van der Waals surface area contributed by atoms with Crippen molar-refractivity contribution in [2.45, 2.75) is 60.5 Å². The largest absolute Gasteiger partial charge is 0.457 e. The van der Waals surface area contributed by atoms with E-state index in [1.54, 1.807) is 0 Å². The van der Waals surface area contributed by atoms with E-state index in [-0.39, 0.29) is 5.97 Å². The van der Waals surface area contributed by atoms with Crippen molar-refractivity contribution < 1.29 is 9.53 Å². The average Bonchev–Trinajstić information content (AvgIpc) is 2.24. The van der Waals surface area contributed by atoms with E-state index in [4.69, 9.17) is 4.74 Å². The molecular weight excluding hydrogens is 236 g/mol. The van der Waals surface area contributed by atoms with Crippen LogP contribution in [0.3, 0.4) is 0 Å². The molecule has 0 aliphatic heterocycles. The average molecular weight is 266 g/mol. The molecule has 0 bridgehead atoms. The van der Waals surface area contributed by atoms with Gasteiger partial charge in [0.1, 0.15) is 5.60 Å². The first kappa shape index (κ1) is 20.0. The number of carbonyl (C=O) groups is 1. The molecule has 1 unspecified atom stereocenters. The Morgan fingerprint density at radius 2 is 1.74 bits per heavy atom. The van der Waals surface area contributed by atoms with Gasteiger partial charge in [-0.1, -0.05) is 37.3 Å². The minimum absolute atomic E-state index is 0.373. The summed E-state index contributed by atoms with van der Waals surface area (Å²) in [6.45, 7) is 21.2. The van der Waals surface area contributed by atoms with Gasteiger partial charge in [-0.25, -0.2) is 4.79 Å². The third kappa shape index (κ3) is 16.7. The number of esters is 1. The molecule has 110 valence electrons. The Labute approximate surface area is 119 Å². The summed E-state index contributed by atoms with van der Waals surface area (Å²) < 4.78 is 4.83. The van der Waals surface area contributed by atoms with Crippen molar-refractivity contribution >= 4 is 5.97 Å². The number of allylic oxidation sites excluding steroid dienone is 3. The zero-order valence-electron chi connectivity index (χ0n) is 13.7. The molecule has 0 amide bonds. The first-order chi connectivity index (χ1) is 8.49. The van der Waals surface area contributed by atoms with Crippen molar-refractivity contribution in [3.05, 3.63) is 36.5 Å². The lowest BCUT2D eigenvalue weighted by atomic mass is 10.00. The zero-order chi connectivity index (χ0) is 15.6. The summed E-state index contributed by atoms with van der Waals surface area (Å²) in [5, 5.41) is 0. The van der Waals surface area contributed by atoms with Crippen LogP contribution in [0.1, 0.15) is 54.9 Å². The SMILES string of the molecule is C=C(C)C(C)CC=C(C)C.C=CC(=O)OC(C)(C)C. The van der Waals surface area contributed by atoms with E-state index in [0.29, 0.717) is 5.92 Å². The van der Waals surface area contributed by atoms with E-state index in [1.807, 2.05) is 20.8 Å². The second-order valence-corrected chi connectivity index (χ2v) is 6.00. The number of ether oxygens (including phenoxy) is 1. The van der Waals surface area contributed by atoms with Gasteiger partial charge in [-0.2, -0.15) is 0 Å². The van der Waals surface area contributed by atoms with Crippen molar-refractivity contribution in [2.75, 3.05) is 0 Å². The van der Waals surface area contributed by atoms with Gasteiger partial charge in [-0.3, -0.25) is 0 Å². The van der Waals surface area contributed by atoms with E-state index in [9.17, 15) is 4.79 Å². The zero-order valence-corrected chi connectivity index (χ0v) is 13.7. The lowest BCUT2D eigenvalue weighted by Gasteiger charge is -2.17. The fraction of sp³-hybridized carbons (Fsp3) is 0.588. The van der Waals surface area contributed by atoms with Gasteiger partial charge in [0.2, 0.25) is 0 Å². The topological polar surface area (TPSA) is 26.3 Å². The van der Waals surface area contributed by atoms with Crippen LogP contribution in [-0.2, 0) is 9.53 Å². The van der Waals surface area contributed by atoms with E-state index in [1.165, 1.54) is 11.1 Å². The van der Waals surface area contributed by atoms with E-state index >= 15 is 0 Å². The predicted molar refractivity (Wildman–Crippen MR) is 84.1 cm³/mol. The summed E-state index contributed by atoms with van der Waals surface area (Å²) in [5.74, 6) is 0.261. The molecule has 0 radical (unpaired) electrons. The first-order valence-electron chi connectivity index (χ1n) is 6.63. The summed E-state index contributed by atoms with van der Waals surface area (Å²) in [5.41, 5.74) is 2.27. The maximum atomic E-state index is 10.5. The molecule has 2 heteroatoms. The maximum Gasteiger partial charge on any atom is 0.330 e. The van der Waals surface area contributed by atoms with Gasteiger partial charge in [0.15, 0.2) is 0 Å². The molecule has 0 N–H and O–H groups in total. The van der Waals surface area contributed by atoms with Crippen LogP contribution in [0.4, 0.5) is 0 Å². The molecule has 0 heterocycles. The lowest BCUT2D eigenvalue weighted by molar-refractivity contribution is -0.148. The van der Waals surface area contributed by atoms with Crippen LogP contribution in [0.5, 0.6) is 0 Å². The normalized spacial score (nSPS) is 11.5. The predicted octanol–water partition coefficient (Wildman–Crippen LogP) is 5.07. The second-order valence-electron chi connectivity index (χ2n) is 6.00. The molecule has 0 spiro atoms. The fourth-order valence-electron chi connectivity index (χ4n) is 0.957. The van der Waals surface area contributed by atoms with Crippen LogP contribution in [-0.4, -0.2) is 11.6 Å². The van der Waals surface area contributed by atoms with Crippen molar-refractivity contribution in [3.8, 4) is 0 Å². The molecule has 0 rings (SSSR count). The van der Waals surface area contributed by atoms with Crippen LogP contribution in [0.25, 0.3) is 0 Å². The minimum atomic E-state index is -0.398. The molecule has 0 aromatic heterocycles. The van der Waals surface area contributed by atoms with Gasteiger partial charge >= 0.3 is 5.97 Å². The van der Waals surface area contributed by atoms with Gasteiger partial charge in [0.25, 0.3) is 0 Å². The molecule has 2 nitrogen and oxygen atoms in total.